The fourth-order valence-corrected chi connectivity index (χ4v) is 0.894. The minimum Gasteiger partial charge on any atom is -0.354 e. The zero-order chi connectivity index (χ0) is 9.56. The SMILES string of the molecule is CCC(N)C(=O)NCC(C)SC. The van der Waals surface area contributed by atoms with Crippen LogP contribution in [-0.4, -0.2) is 30.0 Å². The van der Waals surface area contributed by atoms with E-state index in [-0.39, 0.29) is 11.9 Å². The number of hydrogen-bond donors (Lipinski definition) is 2. The largest absolute Gasteiger partial charge is 0.354 e. The molecule has 12 heavy (non-hydrogen) atoms. The third kappa shape index (κ3) is 4.62. The van der Waals surface area contributed by atoms with E-state index < -0.39 is 0 Å². The van der Waals surface area contributed by atoms with Gasteiger partial charge in [-0.25, -0.2) is 0 Å². The molecule has 0 aliphatic heterocycles. The van der Waals surface area contributed by atoms with Crippen LogP contribution in [-0.2, 0) is 4.79 Å². The Morgan fingerprint density at radius 1 is 1.67 bits per heavy atom. The summed E-state index contributed by atoms with van der Waals surface area (Å²) in [4.78, 5) is 11.1. The highest BCUT2D eigenvalue weighted by Crippen LogP contribution is 2.02. The molecule has 0 fully saturated rings. The van der Waals surface area contributed by atoms with Crippen LogP contribution >= 0.6 is 11.8 Å². The quantitative estimate of drug-likeness (QED) is 0.667. The molecule has 0 aromatic carbocycles. The lowest BCUT2D eigenvalue weighted by Crippen LogP contribution is -2.42. The zero-order valence-electron chi connectivity index (χ0n) is 7.96. The first-order valence-corrected chi connectivity index (χ1v) is 5.46. The molecule has 0 heterocycles. The number of thioether (sulfide) groups is 1. The normalized spacial score (nSPS) is 15.3. The molecular weight excluding hydrogens is 172 g/mol. The van der Waals surface area contributed by atoms with Crippen LogP contribution in [0.4, 0.5) is 0 Å². The fourth-order valence-electron chi connectivity index (χ4n) is 0.644. The van der Waals surface area contributed by atoms with E-state index in [1.54, 1.807) is 11.8 Å². The van der Waals surface area contributed by atoms with Gasteiger partial charge < -0.3 is 11.1 Å². The third-order valence-electron chi connectivity index (χ3n) is 1.74. The maximum absolute atomic E-state index is 11.1. The van der Waals surface area contributed by atoms with Crippen molar-refractivity contribution in [3.8, 4) is 0 Å². The van der Waals surface area contributed by atoms with Crippen LogP contribution in [0.3, 0.4) is 0 Å². The van der Waals surface area contributed by atoms with Gasteiger partial charge in [0.15, 0.2) is 0 Å². The van der Waals surface area contributed by atoms with Crippen molar-refractivity contribution >= 4 is 17.7 Å². The Morgan fingerprint density at radius 2 is 2.25 bits per heavy atom. The molecular formula is C8H18N2OS. The lowest BCUT2D eigenvalue weighted by Gasteiger charge is -2.12. The molecule has 0 rings (SSSR count). The summed E-state index contributed by atoms with van der Waals surface area (Å²) in [5, 5.41) is 3.26. The maximum Gasteiger partial charge on any atom is 0.236 e. The monoisotopic (exact) mass is 190 g/mol. The fraction of sp³-hybridized carbons (Fsp3) is 0.875. The number of rotatable bonds is 5. The Kier molecular flexibility index (Phi) is 6.20. The molecule has 0 bridgehead atoms. The molecule has 0 aromatic rings. The highest BCUT2D eigenvalue weighted by atomic mass is 32.2. The minimum atomic E-state index is -0.348. The Bertz CT molecular complexity index is 141. The van der Waals surface area contributed by atoms with Crippen molar-refractivity contribution in [1.82, 2.24) is 5.32 Å². The summed E-state index contributed by atoms with van der Waals surface area (Å²) in [6, 6.07) is -0.348. The Morgan fingerprint density at radius 3 is 2.67 bits per heavy atom. The second kappa shape index (κ2) is 6.31. The first-order chi connectivity index (χ1) is 5.61. The number of hydrogen-bond acceptors (Lipinski definition) is 3. The Labute approximate surface area is 78.5 Å². The van der Waals surface area contributed by atoms with Crippen molar-refractivity contribution < 1.29 is 4.79 Å². The number of carbonyl (C=O) groups excluding carboxylic acids is 1. The van der Waals surface area contributed by atoms with Gasteiger partial charge in [-0.2, -0.15) is 11.8 Å². The standard InChI is InChI=1S/C8H18N2OS/c1-4-7(9)8(11)10-5-6(2)12-3/h6-7H,4-5,9H2,1-3H3,(H,10,11). The van der Waals surface area contributed by atoms with Gasteiger partial charge in [0, 0.05) is 11.8 Å². The molecule has 0 aliphatic carbocycles. The first-order valence-electron chi connectivity index (χ1n) is 4.17. The van der Waals surface area contributed by atoms with Gasteiger partial charge in [0.05, 0.1) is 6.04 Å². The van der Waals surface area contributed by atoms with E-state index in [9.17, 15) is 4.79 Å². The van der Waals surface area contributed by atoms with E-state index in [0.29, 0.717) is 18.2 Å². The molecule has 0 saturated heterocycles. The highest BCUT2D eigenvalue weighted by molar-refractivity contribution is 7.99. The van der Waals surface area contributed by atoms with Crippen LogP contribution in [0.15, 0.2) is 0 Å². The average Bonchev–Trinajstić information content (AvgIpc) is 2.11. The molecule has 72 valence electrons. The predicted octanol–water partition coefficient (Wildman–Crippen LogP) is 0.591. The third-order valence-corrected chi connectivity index (χ3v) is 2.71. The topological polar surface area (TPSA) is 55.1 Å². The van der Waals surface area contributed by atoms with Gasteiger partial charge in [-0.15, -0.1) is 0 Å². The molecule has 0 radical (unpaired) electrons. The van der Waals surface area contributed by atoms with E-state index in [4.69, 9.17) is 5.73 Å². The van der Waals surface area contributed by atoms with Crippen LogP contribution in [0.25, 0.3) is 0 Å². The lowest BCUT2D eigenvalue weighted by atomic mass is 10.2. The summed E-state index contributed by atoms with van der Waals surface area (Å²) >= 11 is 1.73. The van der Waals surface area contributed by atoms with Crippen molar-refractivity contribution in [1.29, 1.82) is 0 Å². The van der Waals surface area contributed by atoms with Crippen LogP contribution in [0.5, 0.6) is 0 Å². The molecule has 0 saturated carbocycles. The number of amides is 1. The minimum absolute atomic E-state index is 0.0431. The first kappa shape index (κ1) is 11.8. The van der Waals surface area contributed by atoms with Crippen molar-refractivity contribution in [2.45, 2.75) is 31.6 Å². The lowest BCUT2D eigenvalue weighted by molar-refractivity contribution is -0.122. The summed E-state index contributed by atoms with van der Waals surface area (Å²) in [6.07, 6.45) is 2.72. The Hall–Kier alpha value is -0.220. The van der Waals surface area contributed by atoms with Gasteiger partial charge in [0.2, 0.25) is 5.91 Å². The van der Waals surface area contributed by atoms with Crippen LogP contribution in [0.1, 0.15) is 20.3 Å². The van der Waals surface area contributed by atoms with Gasteiger partial charge in [0.25, 0.3) is 0 Å². The molecule has 0 aliphatic rings. The molecule has 0 spiro atoms. The van der Waals surface area contributed by atoms with Gasteiger partial charge in [-0.1, -0.05) is 13.8 Å². The van der Waals surface area contributed by atoms with Gasteiger partial charge in [0.1, 0.15) is 0 Å². The van der Waals surface area contributed by atoms with Crippen LogP contribution in [0, 0.1) is 0 Å². The summed E-state index contributed by atoms with van der Waals surface area (Å²) < 4.78 is 0. The highest BCUT2D eigenvalue weighted by Gasteiger charge is 2.10. The smallest absolute Gasteiger partial charge is 0.236 e. The summed E-state index contributed by atoms with van der Waals surface area (Å²) in [5.74, 6) is -0.0431. The van der Waals surface area contributed by atoms with Crippen molar-refractivity contribution in [3.63, 3.8) is 0 Å². The van der Waals surface area contributed by atoms with E-state index in [1.165, 1.54) is 0 Å². The molecule has 0 aromatic heterocycles. The van der Waals surface area contributed by atoms with Crippen molar-refractivity contribution in [2.24, 2.45) is 5.73 Å². The molecule has 4 heteroatoms. The summed E-state index contributed by atoms with van der Waals surface area (Å²) in [5.41, 5.74) is 5.53. The van der Waals surface area contributed by atoms with Crippen LogP contribution in [0.2, 0.25) is 0 Å². The number of nitrogens with two attached hydrogens (primary N) is 1. The number of nitrogens with one attached hydrogen (secondary N) is 1. The van der Waals surface area contributed by atoms with Crippen molar-refractivity contribution in [2.75, 3.05) is 12.8 Å². The average molecular weight is 190 g/mol. The molecule has 1 amide bonds. The van der Waals surface area contributed by atoms with Gasteiger partial charge in [-0.05, 0) is 12.7 Å². The molecule has 2 unspecified atom stereocenters. The van der Waals surface area contributed by atoms with E-state index in [0.717, 1.165) is 0 Å². The Balaban J connectivity index is 3.56. The zero-order valence-corrected chi connectivity index (χ0v) is 8.78. The second-order valence-electron chi connectivity index (χ2n) is 2.81. The van der Waals surface area contributed by atoms with E-state index >= 15 is 0 Å². The molecule has 2 atom stereocenters. The number of carbonyl (C=O) groups is 1. The molecule has 3 nitrogen and oxygen atoms in total. The summed E-state index contributed by atoms with van der Waals surface area (Å²) in [6.45, 7) is 4.68. The van der Waals surface area contributed by atoms with E-state index in [2.05, 4.69) is 12.2 Å². The second-order valence-corrected chi connectivity index (χ2v) is 4.08. The maximum atomic E-state index is 11.1. The molecule has 3 N–H and O–H groups in total. The van der Waals surface area contributed by atoms with Crippen LogP contribution < -0.4 is 11.1 Å². The van der Waals surface area contributed by atoms with Crippen molar-refractivity contribution in [3.05, 3.63) is 0 Å². The predicted molar refractivity (Wildman–Crippen MR) is 54.3 cm³/mol. The summed E-state index contributed by atoms with van der Waals surface area (Å²) in [7, 11) is 0. The van der Waals surface area contributed by atoms with E-state index in [1.807, 2.05) is 13.2 Å². The van der Waals surface area contributed by atoms with Gasteiger partial charge in [-0.3, -0.25) is 4.79 Å². The van der Waals surface area contributed by atoms with Gasteiger partial charge >= 0.3 is 0 Å².